The number of urea groups is 1. The number of nitrogens with one attached hydrogen (secondary N) is 6. The first-order chi connectivity index (χ1) is 35.4. The van der Waals surface area contributed by atoms with Crippen LogP contribution in [-0.4, -0.2) is 99.8 Å². The number of fused-ring (bicyclic) bond motifs is 2. The first-order valence-corrected chi connectivity index (χ1v) is 27.1. The van der Waals surface area contributed by atoms with Crippen molar-refractivity contribution in [1.29, 1.82) is 0 Å². The fourth-order valence-corrected chi connectivity index (χ4v) is 11.4. The zero-order valence-corrected chi connectivity index (χ0v) is 48.6. The maximum absolute atomic E-state index is 13.4. The van der Waals surface area contributed by atoms with Crippen molar-refractivity contribution >= 4 is 126 Å². The molecule has 0 aliphatic carbocycles. The zero-order chi connectivity index (χ0) is 55.6. The summed E-state index contributed by atoms with van der Waals surface area (Å²) in [6.45, 7) is 0. The van der Waals surface area contributed by atoms with Crippen LogP contribution in [0.5, 0.6) is 0 Å². The Bertz CT molecular complexity index is 4030. The second-order valence-corrected chi connectivity index (χ2v) is 22.2. The van der Waals surface area contributed by atoms with Crippen molar-refractivity contribution in [2.75, 3.05) is 31.9 Å². The average Bonchev–Trinajstić information content (AvgIpc) is 4.08. The summed E-state index contributed by atoms with van der Waals surface area (Å²) < 4.78 is 147. The Hall–Kier alpha value is -6.69. The number of hydrogen-bond acceptors (Lipinski definition) is 15. The van der Waals surface area contributed by atoms with E-state index in [0.29, 0.717) is 0 Å². The Balaban J connectivity index is 0.00000492. The predicted molar refractivity (Wildman–Crippen MR) is 270 cm³/mol. The number of benzene rings is 4. The quantitative estimate of drug-likeness (QED) is 0.0445. The van der Waals surface area contributed by atoms with Crippen LogP contribution in [0.2, 0.25) is 0 Å². The minimum Gasteiger partial charge on any atom is -0.744 e. The van der Waals surface area contributed by atoms with Gasteiger partial charge < -0.3 is 59.3 Å². The van der Waals surface area contributed by atoms with Gasteiger partial charge in [-0.25, -0.2) is 21.6 Å². The molecule has 8 aromatic rings. The standard InChI is InChI=1S/C45H40N10O17S4.2Na/c1-52-19-23(15-35(52)43(58)50-31-13-11-27-29(39(31)75(67,68)69)7-5-9-37(27)73(61,62)63)46-41(56)33-17-25(21-54(33)3)48-45(60)49-26-18-34(55(4)22-26)42(57)47-24-16-36(53(2)20-24)44(59)51-32-14-12-28-30(40(32)76(70,71)72)8-6-10-38(28)74(64,65)66;;/h5-22H,1-4H3,(H,46,56)(H,47,57)(H,50,58)(H,51,59)(H2,48,49,60)(H,61,62,63)(H,64,65,66)(H,67,68,69)(H,70,71,72);;/q;2*+1/p-2. The van der Waals surface area contributed by atoms with Crippen molar-refractivity contribution < 1.29 is 135 Å². The largest absolute Gasteiger partial charge is 1.00 e. The molecule has 27 nitrogen and oxygen atoms in total. The van der Waals surface area contributed by atoms with Gasteiger partial charge in [0.15, 0.2) is 0 Å². The van der Waals surface area contributed by atoms with Gasteiger partial charge in [0.2, 0.25) is 0 Å². The molecule has 0 aliphatic rings. The third kappa shape index (κ3) is 12.7. The molecule has 0 aliphatic heterocycles. The van der Waals surface area contributed by atoms with Crippen LogP contribution < -0.4 is 91.0 Å². The van der Waals surface area contributed by atoms with Crippen LogP contribution in [0, 0.1) is 0 Å². The molecule has 0 unspecified atom stereocenters. The van der Waals surface area contributed by atoms with Gasteiger partial charge in [0.25, 0.3) is 43.9 Å². The van der Waals surface area contributed by atoms with Crippen LogP contribution in [0.1, 0.15) is 42.0 Å². The molecule has 0 saturated heterocycles. The monoisotopic (exact) mass is 1160 g/mol. The van der Waals surface area contributed by atoms with Crippen LogP contribution in [0.3, 0.4) is 0 Å². The van der Waals surface area contributed by atoms with Crippen LogP contribution in [0.4, 0.5) is 38.9 Å². The van der Waals surface area contributed by atoms with Gasteiger partial charge in [-0.3, -0.25) is 28.3 Å². The van der Waals surface area contributed by atoms with Crippen molar-refractivity contribution in [3.05, 3.63) is 132 Å². The van der Waals surface area contributed by atoms with E-state index in [1.54, 1.807) is 0 Å². The van der Waals surface area contributed by atoms with E-state index >= 15 is 0 Å². The number of carbonyl (C=O) groups excluding carboxylic acids is 5. The van der Waals surface area contributed by atoms with Gasteiger partial charge in [0, 0.05) is 74.5 Å². The van der Waals surface area contributed by atoms with Gasteiger partial charge in [-0.2, -0.15) is 16.8 Å². The number of anilines is 6. The van der Waals surface area contributed by atoms with Crippen molar-refractivity contribution in [3.63, 3.8) is 0 Å². The summed E-state index contributed by atoms with van der Waals surface area (Å²) in [4.78, 5) is 63.6. The van der Waals surface area contributed by atoms with Crippen molar-refractivity contribution in [3.8, 4) is 0 Å². The Kier molecular flexibility index (Phi) is 17.5. The van der Waals surface area contributed by atoms with Crippen LogP contribution in [0.25, 0.3) is 21.5 Å². The van der Waals surface area contributed by atoms with Crippen molar-refractivity contribution in [2.45, 2.75) is 19.6 Å². The molecule has 6 amide bonds. The number of aromatic nitrogens is 4. The zero-order valence-electron chi connectivity index (χ0n) is 41.3. The SMILES string of the molecule is Cn1cc(NC(=O)Nc2cc(C(=O)Nc3cc(C(=O)Nc4ccc5c(S(=O)(=O)O)cccc5c4S(=O)(=O)O)n(C)c3)n(C)c2)cc1C(=O)Nc1cc(C(=O)Nc2ccc3c(S(=O)(=O)[O-])cccc3c2S(=O)(=O)[O-])n(C)c1.[Na+].[Na+]. The molecule has 4 aromatic heterocycles. The number of nitrogens with zero attached hydrogens (tertiary/aromatic N) is 4. The molecule has 0 spiro atoms. The fraction of sp³-hybridized carbons (Fsp3) is 0.0889. The van der Waals surface area contributed by atoms with E-state index in [0.717, 1.165) is 54.6 Å². The Morgan fingerprint density at radius 1 is 0.410 bits per heavy atom. The topological polar surface area (TPSA) is 400 Å². The number of hydrogen-bond donors (Lipinski definition) is 8. The first kappa shape index (κ1) is 60.5. The second-order valence-electron chi connectivity index (χ2n) is 16.7. The second kappa shape index (κ2) is 22.6. The van der Waals surface area contributed by atoms with E-state index in [2.05, 4.69) is 31.9 Å². The molecule has 33 heteroatoms. The van der Waals surface area contributed by atoms with Crippen molar-refractivity contribution in [2.24, 2.45) is 28.2 Å². The molecule has 0 radical (unpaired) electrons. The van der Waals surface area contributed by atoms with Gasteiger partial charge in [0.05, 0.1) is 43.9 Å². The number of aryl methyl sites for hydroxylation is 4. The molecule has 0 atom stereocenters. The molecular formula is C45H38N10Na2O17S4. The molecule has 0 bridgehead atoms. The summed E-state index contributed by atoms with van der Waals surface area (Å²) in [5.74, 6) is -3.24. The molecule has 0 saturated carbocycles. The summed E-state index contributed by atoms with van der Waals surface area (Å²) in [6.07, 6.45) is 5.54. The number of carbonyl (C=O) groups is 5. The Morgan fingerprint density at radius 2 is 0.744 bits per heavy atom. The van der Waals surface area contributed by atoms with E-state index in [1.807, 2.05) is 0 Å². The molecule has 4 aromatic carbocycles. The van der Waals surface area contributed by atoms with Gasteiger partial charge in [-0.15, -0.1) is 0 Å². The molecule has 8 rings (SSSR count). The summed E-state index contributed by atoms with van der Waals surface area (Å²) >= 11 is 0. The maximum atomic E-state index is 13.4. The average molecular weight is 1170 g/mol. The Labute approximate surface area is 486 Å². The van der Waals surface area contributed by atoms with Gasteiger partial charge in [-0.1, -0.05) is 36.4 Å². The third-order valence-corrected chi connectivity index (χ3v) is 15.2. The normalized spacial score (nSPS) is 11.8. The molecular weight excluding hydrogens is 1130 g/mol. The fourth-order valence-electron chi connectivity index (χ4n) is 8.28. The summed E-state index contributed by atoms with van der Waals surface area (Å²) in [7, 11) is -14.5. The van der Waals surface area contributed by atoms with Gasteiger partial charge in [0.1, 0.15) is 52.8 Å². The minimum atomic E-state index is -5.37. The maximum Gasteiger partial charge on any atom is 1.00 e. The van der Waals surface area contributed by atoms with Crippen LogP contribution in [0.15, 0.2) is 129 Å². The summed E-state index contributed by atoms with van der Waals surface area (Å²) in [5.41, 5.74) is -0.617. The summed E-state index contributed by atoms with van der Waals surface area (Å²) in [6, 6.07) is 15.0. The van der Waals surface area contributed by atoms with Crippen LogP contribution >= 0.6 is 0 Å². The van der Waals surface area contributed by atoms with E-state index in [1.165, 1.54) is 102 Å². The molecule has 4 heterocycles. The molecule has 8 N–H and O–H groups in total. The smallest absolute Gasteiger partial charge is 0.744 e. The number of rotatable bonds is 14. The molecule has 78 heavy (non-hydrogen) atoms. The van der Waals surface area contributed by atoms with Crippen LogP contribution in [-0.2, 0) is 68.7 Å². The van der Waals surface area contributed by atoms with E-state index in [9.17, 15) is 75.9 Å². The number of amides is 6. The van der Waals surface area contributed by atoms with Crippen molar-refractivity contribution in [1.82, 2.24) is 18.3 Å². The van der Waals surface area contributed by atoms with E-state index < -0.39 is 106 Å². The summed E-state index contributed by atoms with van der Waals surface area (Å²) in [5, 5.41) is 13.7. The molecule has 396 valence electrons. The van der Waals surface area contributed by atoms with Gasteiger partial charge in [-0.05, 0) is 48.5 Å². The first-order valence-electron chi connectivity index (χ1n) is 21.4. The minimum absolute atomic E-state index is 0. The van der Waals surface area contributed by atoms with E-state index in [4.69, 9.17) is 0 Å². The predicted octanol–water partition coefficient (Wildman–Crippen LogP) is -1.69. The third-order valence-electron chi connectivity index (χ3n) is 11.5. The molecule has 0 fully saturated rings. The van der Waals surface area contributed by atoms with Gasteiger partial charge >= 0.3 is 65.1 Å². The van der Waals surface area contributed by atoms with E-state index in [-0.39, 0.29) is 121 Å². The Morgan fingerprint density at radius 3 is 1.10 bits per heavy atom.